The number of aliphatic hydroxyl groups excluding tert-OH is 1. The van der Waals surface area contributed by atoms with Gasteiger partial charge >= 0.3 is 0 Å². The van der Waals surface area contributed by atoms with Crippen LogP contribution in [0.2, 0.25) is 5.02 Å². The molecular formula is C10H9ClOS2. The van der Waals surface area contributed by atoms with Gasteiger partial charge in [0.15, 0.2) is 0 Å². The summed E-state index contributed by atoms with van der Waals surface area (Å²) in [7, 11) is 0. The van der Waals surface area contributed by atoms with Gasteiger partial charge < -0.3 is 5.11 Å². The van der Waals surface area contributed by atoms with Gasteiger partial charge in [0.1, 0.15) is 5.76 Å². The van der Waals surface area contributed by atoms with Gasteiger partial charge in [-0.3, -0.25) is 0 Å². The van der Waals surface area contributed by atoms with Crippen molar-refractivity contribution in [1.82, 2.24) is 0 Å². The Morgan fingerprint density at radius 1 is 1.50 bits per heavy atom. The van der Waals surface area contributed by atoms with E-state index in [-0.39, 0.29) is 5.76 Å². The monoisotopic (exact) mass is 244 g/mol. The van der Waals surface area contributed by atoms with E-state index in [4.69, 9.17) is 23.8 Å². The lowest BCUT2D eigenvalue weighted by Gasteiger charge is -2.02. The number of aliphatic hydroxyl groups is 1. The van der Waals surface area contributed by atoms with E-state index in [9.17, 15) is 5.11 Å². The highest BCUT2D eigenvalue weighted by atomic mass is 35.5. The Bertz CT molecular complexity index is 374. The summed E-state index contributed by atoms with van der Waals surface area (Å²) >= 11 is 12.3. The van der Waals surface area contributed by atoms with Gasteiger partial charge in [-0.05, 0) is 18.4 Å². The maximum Gasteiger partial charge on any atom is 0.126 e. The maximum atomic E-state index is 9.68. The number of hydrogen-bond donors (Lipinski definition) is 1. The number of thioether (sulfide) groups is 1. The number of thiocarbonyl (C=S) groups is 1. The molecule has 0 saturated heterocycles. The van der Waals surface area contributed by atoms with E-state index >= 15 is 0 Å². The van der Waals surface area contributed by atoms with Crippen LogP contribution >= 0.6 is 35.6 Å². The van der Waals surface area contributed by atoms with Crippen molar-refractivity contribution in [2.45, 2.75) is 0 Å². The summed E-state index contributed by atoms with van der Waals surface area (Å²) in [4.78, 5) is 0. The van der Waals surface area contributed by atoms with Crippen molar-refractivity contribution in [2.24, 2.45) is 0 Å². The van der Waals surface area contributed by atoms with E-state index in [0.717, 1.165) is 0 Å². The molecule has 0 radical (unpaired) electrons. The zero-order valence-electron chi connectivity index (χ0n) is 7.53. The fraction of sp³-hybridized carbons (Fsp3) is 0.100. The molecule has 0 atom stereocenters. The number of benzene rings is 1. The van der Waals surface area contributed by atoms with Gasteiger partial charge in [0.25, 0.3) is 0 Å². The van der Waals surface area contributed by atoms with E-state index in [0.29, 0.717) is 14.8 Å². The van der Waals surface area contributed by atoms with Crippen LogP contribution in [-0.4, -0.2) is 15.6 Å². The molecule has 0 aliphatic rings. The Hall–Kier alpha value is -0.510. The fourth-order valence-electron chi connectivity index (χ4n) is 0.917. The molecule has 0 amide bonds. The molecule has 14 heavy (non-hydrogen) atoms. The second kappa shape index (κ2) is 5.39. The van der Waals surface area contributed by atoms with Crippen molar-refractivity contribution < 1.29 is 5.11 Å². The summed E-state index contributed by atoms with van der Waals surface area (Å²) in [5.74, 6) is 0.106. The summed E-state index contributed by atoms with van der Waals surface area (Å²) < 4.78 is 0.627. The maximum absolute atomic E-state index is 9.68. The van der Waals surface area contributed by atoms with Gasteiger partial charge in [-0.1, -0.05) is 36.0 Å². The first-order valence-electron chi connectivity index (χ1n) is 3.88. The van der Waals surface area contributed by atoms with E-state index in [1.165, 1.54) is 17.8 Å². The van der Waals surface area contributed by atoms with Crippen molar-refractivity contribution in [1.29, 1.82) is 0 Å². The lowest BCUT2D eigenvalue weighted by Crippen LogP contribution is -1.88. The van der Waals surface area contributed by atoms with Crippen LogP contribution in [0, 0.1) is 0 Å². The van der Waals surface area contributed by atoms with E-state index < -0.39 is 0 Å². The van der Waals surface area contributed by atoms with Crippen molar-refractivity contribution in [3.05, 3.63) is 40.9 Å². The van der Waals surface area contributed by atoms with E-state index in [1.54, 1.807) is 12.1 Å². The predicted octanol–water partition coefficient (Wildman–Crippen LogP) is 3.93. The number of halogens is 1. The molecule has 1 rings (SSSR count). The normalized spacial score (nSPS) is 11.4. The van der Waals surface area contributed by atoms with E-state index in [1.807, 2.05) is 18.4 Å². The molecule has 0 saturated carbocycles. The molecule has 1 N–H and O–H groups in total. The third kappa shape index (κ3) is 3.01. The van der Waals surface area contributed by atoms with Gasteiger partial charge in [0.05, 0.1) is 9.22 Å². The Morgan fingerprint density at radius 3 is 2.71 bits per heavy atom. The highest BCUT2D eigenvalue weighted by Crippen LogP contribution is 2.22. The second-order valence-corrected chi connectivity index (χ2v) is 4.49. The zero-order valence-corrected chi connectivity index (χ0v) is 9.92. The Morgan fingerprint density at radius 2 is 2.14 bits per heavy atom. The van der Waals surface area contributed by atoms with Crippen molar-refractivity contribution in [3.63, 3.8) is 0 Å². The highest BCUT2D eigenvalue weighted by Gasteiger charge is 2.04. The molecule has 1 aromatic rings. The third-order valence-corrected chi connectivity index (χ3v) is 3.07. The summed E-state index contributed by atoms with van der Waals surface area (Å²) in [6, 6.07) is 7.10. The molecule has 0 unspecified atom stereocenters. The second-order valence-electron chi connectivity index (χ2n) is 2.53. The smallest absolute Gasteiger partial charge is 0.126 e. The minimum Gasteiger partial charge on any atom is -0.507 e. The van der Waals surface area contributed by atoms with Crippen LogP contribution in [-0.2, 0) is 0 Å². The van der Waals surface area contributed by atoms with Crippen LogP contribution in [0.5, 0.6) is 0 Å². The summed E-state index contributed by atoms with van der Waals surface area (Å²) in [6.07, 6.45) is 3.39. The fourth-order valence-corrected chi connectivity index (χ4v) is 1.49. The standard InChI is InChI=1S/C10H9ClOS2/c1-14-10(13)6-9(12)7-4-2-3-5-8(7)11/h2-6,12H,1H3/b9-6-. The minimum atomic E-state index is 0.106. The predicted molar refractivity (Wildman–Crippen MR) is 68.2 cm³/mol. The molecule has 0 aromatic heterocycles. The summed E-state index contributed by atoms with van der Waals surface area (Å²) in [5, 5.41) is 10.2. The van der Waals surface area contributed by atoms with E-state index in [2.05, 4.69) is 0 Å². The first-order valence-corrected chi connectivity index (χ1v) is 5.89. The first-order chi connectivity index (χ1) is 6.65. The van der Waals surface area contributed by atoms with Crippen LogP contribution < -0.4 is 0 Å². The topological polar surface area (TPSA) is 20.2 Å². The quantitative estimate of drug-likeness (QED) is 0.484. The van der Waals surface area contributed by atoms with Gasteiger partial charge in [-0.2, -0.15) is 0 Å². The highest BCUT2D eigenvalue weighted by molar-refractivity contribution is 8.23. The van der Waals surface area contributed by atoms with Gasteiger partial charge in [-0.15, -0.1) is 11.8 Å². The summed E-state index contributed by atoms with van der Waals surface area (Å²) in [5.41, 5.74) is 0.602. The number of rotatable bonds is 2. The largest absolute Gasteiger partial charge is 0.507 e. The molecule has 4 heteroatoms. The van der Waals surface area contributed by atoms with Crippen molar-refractivity contribution >= 4 is 45.5 Å². The lowest BCUT2D eigenvalue weighted by atomic mass is 10.2. The van der Waals surface area contributed by atoms with Gasteiger partial charge in [0.2, 0.25) is 0 Å². The zero-order chi connectivity index (χ0) is 10.6. The SMILES string of the molecule is CSC(=S)/C=C(\O)c1ccccc1Cl. The average Bonchev–Trinajstić information content (AvgIpc) is 2.18. The van der Waals surface area contributed by atoms with Crippen molar-refractivity contribution in [2.75, 3.05) is 6.26 Å². The van der Waals surface area contributed by atoms with Crippen LogP contribution in [0.4, 0.5) is 0 Å². The van der Waals surface area contributed by atoms with Crippen LogP contribution in [0.25, 0.3) is 5.76 Å². The first kappa shape index (κ1) is 11.6. The molecule has 0 bridgehead atoms. The Labute approximate surface area is 97.8 Å². The van der Waals surface area contributed by atoms with Crippen LogP contribution in [0.3, 0.4) is 0 Å². The molecule has 0 spiro atoms. The molecule has 0 aliphatic carbocycles. The molecule has 0 fully saturated rings. The Balaban J connectivity index is 3.00. The molecule has 74 valence electrons. The Kier molecular flexibility index (Phi) is 4.45. The van der Waals surface area contributed by atoms with Gasteiger partial charge in [0, 0.05) is 11.6 Å². The molecule has 0 aliphatic heterocycles. The molecule has 1 aromatic carbocycles. The average molecular weight is 245 g/mol. The van der Waals surface area contributed by atoms with Crippen LogP contribution in [0.1, 0.15) is 5.56 Å². The molecular weight excluding hydrogens is 236 g/mol. The minimum absolute atomic E-state index is 0.106. The van der Waals surface area contributed by atoms with Crippen molar-refractivity contribution in [3.8, 4) is 0 Å². The summed E-state index contributed by atoms with van der Waals surface area (Å²) in [6.45, 7) is 0. The number of hydrogen-bond acceptors (Lipinski definition) is 3. The van der Waals surface area contributed by atoms with Crippen LogP contribution in [0.15, 0.2) is 30.3 Å². The molecule has 1 nitrogen and oxygen atoms in total. The lowest BCUT2D eigenvalue weighted by molar-refractivity contribution is 0.512. The molecule has 0 heterocycles. The van der Waals surface area contributed by atoms with Gasteiger partial charge in [-0.25, -0.2) is 0 Å². The third-order valence-electron chi connectivity index (χ3n) is 1.61.